The lowest BCUT2D eigenvalue weighted by Gasteiger charge is -2.13. The Labute approximate surface area is 141 Å². The number of para-hydroxylation sites is 1. The minimum absolute atomic E-state index is 0.539. The molecule has 0 aliphatic rings. The van der Waals surface area contributed by atoms with Crippen LogP contribution in [0.1, 0.15) is 5.56 Å². The van der Waals surface area contributed by atoms with Gasteiger partial charge in [0.1, 0.15) is 11.5 Å². The maximum Gasteiger partial charge on any atom is 0.227 e. The van der Waals surface area contributed by atoms with Crippen molar-refractivity contribution in [3.05, 3.63) is 60.3 Å². The summed E-state index contributed by atoms with van der Waals surface area (Å²) in [5, 5.41) is 3.20. The number of hydrogen-bond donors (Lipinski definition) is 1. The lowest BCUT2D eigenvalue weighted by molar-refractivity contribution is 0.389. The van der Waals surface area contributed by atoms with Gasteiger partial charge in [-0.1, -0.05) is 18.2 Å². The zero-order valence-electron chi connectivity index (χ0n) is 13.9. The normalized spacial score (nSPS) is 10.3. The summed E-state index contributed by atoms with van der Waals surface area (Å²) in [5.74, 6) is 2.07. The fourth-order valence-corrected chi connectivity index (χ4v) is 2.46. The van der Waals surface area contributed by atoms with Crippen LogP contribution in [-0.4, -0.2) is 24.2 Å². The summed E-state index contributed by atoms with van der Waals surface area (Å²) in [5.41, 5.74) is 3.60. The second-order valence-corrected chi connectivity index (χ2v) is 5.26. The van der Waals surface area contributed by atoms with Gasteiger partial charge in [-0.05, 0) is 37.3 Å². The largest absolute Gasteiger partial charge is 0.496 e. The molecule has 5 heteroatoms. The number of nitrogens with zero attached hydrogens (tertiary/aromatic N) is 2. The third-order valence-electron chi connectivity index (χ3n) is 3.73. The fraction of sp³-hybridized carbons (Fsp3) is 0.158. The summed E-state index contributed by atoms with van der Waals surface area (Å²) in [7, 11) is 3.29. The molecular weight excluding hydrogens is 302 g/mol. The lowest BCUT2D eigenvalue weighted by Crippen LogP contribution is -1.99. The molecule has 0 aliphatic carbocycles. The second kappa shape index (κ2) is 7.00. The third kappa shape index (κ3) is 3.30. The van der Waals surface area contributed by atoms with Crippen molar-refractivity contribution >= 4 is 11.6 Å². The minimum Gasteiger partial charge on any atom is -0.496 e. The predicted molar refractivity (Wildman–Crippen MR) is 95.0 cm³/mol. The van der Waals surface area contributed by atoms with Crippen LogP contribution in [0.2, 0.25) is 0 Å². The van der Waals surface area contributed by atoms with E-state index in [1.165, 1.54) is 0 Å². The summed E-state index contributed by atoms with van der Waals surface area (Å²) in [6.07, 6.45) is 1.73. The number of hydrogen-bond acceptors (Lipinski definition) is 5. The zero-order valence-corrected chi connectivity index (χ0v) is 13.9. The Morgan fingerprint density at radius 2 is 1.58 bits per heavy atom. The zero-order chi connectivity index (χ0) is 16.9. The Balaban J connectivity index is 1.97. The molecule has 0 saturated carbocycles. The Bertz CT molecular complexity index is 810. The van der Waals surface area contributed by atoms with Crippen molar-refractivity contribution in [3.8, 4) is 22.8 Å². The first-order valence-corrected chi connectivity index (χ1v) is 7.59. The summed E-state index contributed by atoms with van der Waals surface area (Å²) < 4.78 is 10.9. The van der Waals surface area contributed by atoms with Crippen LogP contribution in [0.4, 0.5) is 11.6 Å². The van der Waals surface area contributed by atoms with E-state index in [2.05, 4.69) is 15.3 Å². The summed E-state index contributed by atoms with van der Waals surface area (Å²) >= 11 is 0. The van der Waals surface area contributed by atoms with E-state index in [4.69, 9.17) is 9.47 Å². The SMILES string of the molecule is COc1cc(-c2ccnc(Nc3ccccc3)n2)cc(OC)c1C. The van der Waals surface area contributed by atoms with E-state index >= 15 is 0 Å². The van der Waals surface area contributed by atoms with Crippen molar-refractivity contribution in [3.63, 3.8) is 0 Å². The number of aromatic nitrogens is 2. The maximum absolute atomic E-state index is 5.44. The molecule has 24 heavy (non-hydrogen) atoms. The topological polar surface area (TPSA) is 56.3 Å². The summed E-state index contributed by atoms with van der Waals surface area (Å²) in [6.45, 7) is 1.96. The number of ether oxygens (including phenoxy) is 2. The molecule has 0 aliphatic heterocycles. The molecule has 3 rings (SSSR count). The molecule has 0 unspecified atom stereocenters. The molecule has 5 nitrogen and oxygen atoms in total. The van der Waals surface area contributed by atoms with E-state index < -0.39 is 0 Å². The summed E-state index contributed by atoms with van der Waals surface area (Å²) in [6, 6.07) is 15.6. The van der Waals surface area contributed by atoms with E-state index in [1.54, 1.807) is 20.4 Å². The van der Waals surface area contributed by atoms with Crippen LogP contribution in [0.5, 0.6) is 11.5 Å². The highest BCUT2D eigenvalue weighted by Crippen LogP contribution is 2.33. The van der Waals surface area contributed by atoms with Gasteiger partial charge in [-0.2, -0.15) is 0 Å². The maximum atomic E-state index is 5.44. The standard InChI is InChI=1S/C19H19N3O2/c1-13-17(23-2)11-14(12-18(13)24-3)16-9-10-20-19(22-16)21-15-7-5-4-6-8-15/h4-12H,1-3H3,(H,20,21,22). The molecule has 0 amide bonds. The molecule has 0 radical (unpaired) electrons. The Morgan fingerprint density at radius 1 is 0.917 bits per heavy atom. The molecule has 122 valence electrons. The molecule has 2 aromatic carbocycles. The van der Waals surface area contributed by atoms with Crippen molar-refractivity contribution in [2.24, 2.45) is 0 Å². The highest BCUT2D eigenvalue weighted by Gasteiger charge is 2.11. The van der Waals surface area contributed by atoms with Crippen LogP contribution in [0, 0.1) is 6.92 Å². The predicted octanol–water partition coefficient (Wildman–Crippen LogP) is 4.21. The van der Waals surface area contributed by atoms with Gasteiger partial charge in [0.25, 0.3) is 0 Å². The quantitative estimate of drug-likeness (QED) is 0.763. The molecule has 1 aromatic heterocycles. The van der Waals surface area contributed by atoms with E-state index in [0.29, 0.717) is 5.95 Å². The van der Waals surface area contributed by atoms with Crippen LogP contribution in [0.25, 0.3) is 11.3 Å². The van der Waals surface area contributed by atoms with Crippen molar-refractivity contribution in [1.82, 2.24) is 9.97 Å². The van der Waals surface area contributed by atoms with Crippen molar-refractivity contribution in [2.45, 2.75) is 6.92 Å². The number of methoxy groups -OCH3 is 2. The molecule has 0 bridgehead atoms. The van der Waals surface area contributed by atoms with Gasteiger partial charge in [-0.25, -0.2) is 9.97 Å². The Hall–Kier alpha value is -3.08. The Kier molecular flexibility index (Phi) is 4.61. The lowest BCUT2D eigenvalue weighted by atomic mass is 10.1. The van der Waals surface area contributed by atoms with Crippen LogP contribution in [-0.2, 0) is 0 Å². The van der Waals surface area contributed by atoms with E-state index in [9.17, 15) is 0 Å². The molecule has 0 spiro atoms. The van der Waals surface area contributed by atoms with Crippen molar-refractivity contribution in [2.75, 3.05) is 19.5 Å². The molecule has 0 atom stereocenters. The highest BCUT2D eigenvalue weighted by molar-refractivity contribution is 5.67. The van der Waals surface area contributed by atoms with Crippen LogP contribution >= 0.6 is 0 Å². The first-order valence-electron chi connectivity index (χ1n) is 7.59. The first kappa shape index (κ1) is 15.8. The van der Waals surface area contributed by atoms with E-state index in [1.807, 2.05) is 55.5 Å². The van der Waals surface area contributed by atoms with Gasteiger partial charge in [0.2, 0.25) is 5.95 Å². The van der Waals surface area contributed by atoms with Gasteiger partial charge in [0.15, 0.2) is 0 Å². The number of nitrogens with one attached hydrogen (secondary N) is 1. The molecule has 0 saturated heterocycles. The molecular formula is C19H19N3O2. The van der Waals surface area contributed by atoms with Gasteiger partial charge in [-0.15, -0.1) is 0 Å². The molecule has 3 aromatic rings. The van der Waals surface area contributed by atoms with Crippen molar-refractivity contribution < 1.29 is 9.47 Å². The average molecular weight is 321 g/mol. The Morgan fingerprint density at radius 3 is 2.21 bits per heavy atom. The minimum atomic E-state index is 0.539. The van der Waals surface area contributed by atoms with Gasteiger partial charge >= 0.3 is 0 Å². The van der Waals surface area contributed by atoms with Crippen LogP contribution in [0.15, 0.2) is 54.7 Å². The number of rotatable bonds is 5. The van der Waals surface area contributed by atoms with E-state index in [0.717, 1.165) is 34.0 Å². The van der Waals surface area contributed by atoms with Gasteiger partial charge in [0, 0.05) is 23.0 Å². The average Bonchev–Trinajstić information content (AvgIpc) is 2.63. The fourth-order valence-electron chi connectivity index (χ4n) is 2.46. The van der Waals surface area contributed by atoms with Gasteiger partial charge in [-0.3, -0.25) is 0 Å². The van der Waals surface area contributed by atoms with Crippen LogP contribution in [0.3, 0.4) is 0 Å². The smallest absolute Gasteiger partial charge is 0.227 e. The molecule has 0 fully saturated rings. The second-order valence-electron chi connectivity index (χ2n) is 5.26. The van der Waals surface area contributed by atoms with Gasteiger partial charge in [0.05, 0.1) is 19.9 Å². The summed E-state index contributed by atoms with van der Waals surface area (Å²) in [4.78, 5) is 8.86. The number of benzene rings is 2. The monoisotopic (exact) mass is 321 g/mol. The molecule has 1 heterocycles. The van der Waals surface area contributed by atoms with E-state index in [-0.39, 0.29) is 0 Å². The van der Waals surface area contributed by atoms with Crippen molar-refractivity contribution in [1.29, 1.82) is 0 Å². The first-order chi connectivity index (χ1) is 11.7. The third-order valence-corrected chi connectivity index (χ3v) is 3.73. The highest BCUT2D eigenvalue weighted by atomic mass is 16.5. The van der Waals surface area contributed by atoms with Gasteiger partial charge < -0.3 is 14.8 Å². The van der Waals surface area contributed by atoms with Crippen LogP contribution < -0.4 is 14.8 Å². The number of anilines is 2. The molecule has 1 N–H and O–H groups in total.